The first-order chi connectivity index (χ1) is 15.5. The van der Waals surface area contributed by atoms with Crippen molar-refractivity contribution in [2.75, 3.05) is 13.7 Å². The van der Waals surface area contributed by atoms with Crippen LogP contribution in [0, 0.1) is 11.7 Å². The number of hydrogen-bond donors (Lipinski definition) is 0. The average Bonchev–Trinajstić information content (AvgIpc) is 3.40. The summed E-state index contributed by atoms with van der Waals surface area (Å²) in [5, 5.41) is -0.193. The second-order valence-corrected chi connectivity index (χ2v) is 10.2. The molecule has 0 N–H and O–H groups in total. The zero-order valence-electron chi connectivity index (χ0n) is 18.2. The zero-order valence-corrected chi connectivity index (χ0v) is 19.9. The molecule has 4 nitrogen and oxygen atoms in total. The van der Waals surface area contributed by atoms with E-state index in [4.69, 9.17) is 21.7 Å². The highest BCUT2D eigenvalue weighted by Gasteiger charge is 2.37. The SMILES string of the molecule is COc1cc(C[C@@H]2SC(=S)N(CCC3CCCC3)C2=O)ccc1OCc1ccc(F)cc1. The molecule has 0 radical (unpaired) electrons. The number of ether oxygens (including phenoxy) is 2. The summed E-state index contributed by atoms with van der Waals surface area (Å²) < 4.78 is 25.1. The quantitative estimate of drug-likeness (QED) is 0.433. The van der Waals surface area contributed by atoms with Gasteiger partial charge < -0.3 is 9.47 Å². The topological polar surface area (TPSA) is 38.8 Å². The number of carbonyl (C=O) groups excluding carboxylic acids is 1. The van der Waals surface area contributed by atoms with E-state index in [9.17, 15) is 9.18 Å². The third-order valence-corrected chi connectivity index (χ3v) is 7.78. The van der Waals surface area contributed by atoms with Crippen LogP contribution < -0.4 is 9.47 Å². The number of halogens is 1. The van der Waals surface area contributed by atoms with Crippen molar-refractivity contribution in [3.63, 3.8) is 0 Å². The Kier molecular flexibility index (Phi) is 7.68. The van der Waals surface area contributed by atoms with Crippen molar-refractivity contribution >= 4 is 34.2 Å². The van der Waals surface area contributed by atoms with Crippen molar-refractivity contribution in [2.24, 2.45) is 5.92 Å². The van der Waals surface area contributed by atoms with Crippen molar-refractivity contribution in [1.82, 2.24) is 4.90 Å². The predicted octanol–water partition coefficient (Wildman–Crippen LogP) is 5.77. The van der Waals surface area contributed by atoms with E-state index in [-0.39, 0.29) is 17.0 Å². The number of amides is 1. The molecular weight excluding hydrogens is 445 g/mol. The Hall–Kier alpha value is -2.12. The molecule has 2 fully saturated rings. The van der Waals surface area contributed by atoms with E-state index in [1.54, 1.807) is 24.1 Å². The molecule has 1 saturated carbocycles. The Morgan fingerprint density at radius 3 is 2.53 bits per heavy atom. The number of thioether (sulfide) groups is 1. The van der Waals surface area contributed by atoms with Crippen LogP contribution in [0.2, 0.25) is 0 Å². The minimum atomic E-state index is -0.272. The van der Waals surface area contributed by atoms with Crippen LogP contribution in [0.15, 0.2) is 42.5 Å². The summed E-state index contributed by atoms with van der Waals surface area (Å²) in [7, 11) is 1.60. The van der Waals surface area contributed by atoms with Crippen LogP contribution in [0.5, 0.6) is 11.5 Å². The largest absolute Gasteiger partial charge is 0.493 e. The number of thiocarbonyl (C=S) groups is 1. The highest BCUT2D eigenvalue weighted by molar-refractivity contribution is 8.24. The molecule has 2 aromatic carbocycles. The van der Waals surface area contributed by atoms with E-state index in [0.29, 0.717) is 28.8 Å². The van der Waals surface area contributed by atoms with Gasteiger partial charge in [-0.15, -0.1) is 0 Å². The minimum Gasteiger partial charge on any atom is -0.493 e. The number of nitrogens with zero attached hydrogens (tertiary/aromatic N) is 1. The first-order valence-electron chi connectivity index (χ1n) is 11.1. The lowest BCUT2D eigenvalue weighted by atomic mass is 10.0. The van der Waals surface area contributed by atoms with Crippen molar-refractivity contribution in [1.29, 1.82) is 0 Å². The fourth-order valence-electron chi connectivity index (χ4n) is 4.35. The van der Waals surface area contributed by atoms with E-state index in [1.165, 1.54) is 49.6 Å². The first-order valence-corrected chi connectivity index (χ1v) is 12.4. The molecule has 32 heavy (non-hydrogen) atoms. The van der Waals surface area contributed by atoms with Crippen molar-refractivity contribution in [2.45, 2.75) is 50.4 Å². The van der Waals surface area contributed by atoms with Gasteiger partial charge in [0.1, 0.15) is 16.7 Å². The Morgan fingerprint density at radius 1 is 1.09 bits per heavy atom. The Balaban J connectivity index is 1.35. The second kappa shape index (κ2) is 10.7. The van der Waals surface area contributed by atoms with Crippen LogP contribution in [0.1, 0.15) is 43.2 Å². The molecule has 1 atom stereocenters. The van der Waals surface area contributed by atoms with Crippen molar-refractivity contribution in [3.8, 4) is 11.5 Å². The predicted molar refractivity (Wildman–Crippen MR) is 130 cm³/mol. The fourth-order valence-corrected chi connectivity index (χ4v) is 5.94. The van der Waals surface area contributed by atoms with Gasteiger partial charge >= 0.3 is 0 Å². The number of hydrogen-bond acceptors (Lipinski definition) is 5. The fraction of sp³-hybridized carbons (Fsp3) is 0.440. The van der Waals surface area contributed by atoms with Crippen LogP contribution in [-0.2, 0) is 17.8 Å². The molecule has 0 bridgehead atoms. The van der Waals surface area contributed by atoms with E-state index >= 15 is 0 Å². The van der Waals surface area contributed by atoms with Gasteiger partial charge in [0.15, 0.2) is 11.5 Å². The van der Waals surface area contributed by atoms with Gasteiger partial charge in [-0.3, -0.25) is 9.69 Å². The molecule has 2 aliphatic rings. The van der Waals surface area contributed by atoms with E-state index in [1.807, 2.05) is 18.2 Å². The van der Waals surface area contributed by atoms with E-state index < -0.39 is 0 Å². The summed E-state index contributed by atoms with van der Waals surface area (Å²) in [4.78, 5) is 14.8. The number of carbonyl (C=O) groups is 1. The van der Waals surface area contributed by atoms with Gasteiger partial charge in [-0.2, -0.15) is 0 Å². The summed E-state index contributed by atoms with van der Waals surface area (Å²) in [6.45, 7) is 1.06. The van der Waals surface area contributed by atoms with Gasteiger partial charge in [-0.25, -0.2) is 4.39 Å². The summed E-state index contributed by atoms with van der Waals surface area (Å²) in [6.07, 6.45) is 6.82. The van der Waals surface area contributed by atoms with E-state index in [2.05, 4.69) is 0 Å². The Morgan fingerprint density at radius 2 is 1.81 bits per heavy atom. The van der Waals surface area contributed by atoms with Gasteiger partial charge in [-0.1, -0.05) is 67.9 Å². The number of benzene rings is 2. The molecule has 1 aliphatic carbocycles. The number of methoxy groups -OCH3 is 1. The van der Waals surface area contributed by atoms with Gasteiger partial charge in [0, 0.05) is 6.54 Å². The van der Waals surface area contributed by atoms with Crippen molar-refractivity contribution in [3.05, 3.63) is 59.4 Å². The molecule has 1 saturated heterocycles. The second-order valence-electron chi connectivity index (χ2n) is 8.41. The molecule has 170 valence electrons. The lowest BCUT2D eigenvalue weighted by Gasteiger charge is -2.18. The highest BCUT2D eigenvalue weighted by Crippen LogP contribution is 2.35. The van der Waals surface area contributed by atoms with Gasteiger partial charge in [0.25, 0.3) is 0 Å². The third-order valence-electron chi connectivity index (χ3n) is 6.20. The average molecular weight is 474 g/mol. The van der Waals surface area contributed by atoms with Crippen LogP contribution >= 0.6 is 24.0 Å². The monoisotopic (exact) mass is 473 g/mol. The molecule has 1 aliphatic heterocycles. The zero-order chi connectivity index (χ0) is 22.5. The highest BCUT2D eigenvalue weighted by atomic mass is 32.2. The third kappa shape index (κ3) is 5.62. The maximum atomic E-state index is 13.1. The van der Waals surface area contributed by atoms with Crippen LogP contribution in [0.4, 0.5) is 4.39 Å². The van der Waals surface area contributed by atoms with Crippen LogP contribution in [0.25, 0.3) is 0 Å². The molecular formula is C25H28FNO3S2. The maximum absolute atomic E-state index is 13.1. The molecule has 0 aromatic heterocycles. The summed E-state index contributed by atoms with van der Waals surface area (Å²) in [6, 6.07) is 11.9. The summed E-state index contributed by atoms with van der Waals surface area (Å²) >= 11 is 7.00. The molecule has 1 heterocycles. The molecule has 0 spiro atoms. The lowest BCUT2D eigenvalue weighted by molar-refractivity contribution is -0.126. The molecule has 2 aromatic rings. The molecule has 1 amide bonds. The molecule has 7 heteroatoms. The van der Waals surface area contributed by atoms with Crippen LogP contribution in [-0.4, -0.2) is 34.0 Å². The summed E-state index contributed by atoms with van der Waals surface area (Å²) in [5.74, 6) is 1.81. The van der Waals surface area contributed by atoms with Gasteiger partial charge in [-0.05, 0) is 54.2 Å². The molecule has 4 rings (SSSR count). The number of rotatable bonds is 9. The van der Waals surface area contributed by atoms with Gasteiger partial charge in [0.05, 0.1) is 12.4 Å². The van der Waals surface area contributed by atoms with Crippen LogP contribution in [0.3, 0.4) is 0 Å². The maximum Gasteiger partial charge on any atom is 0.241 e. The normalized spacial score (nSPS) is 19.1. The first kappa shape index (κ1) is 23.1. The van der Waals surface area contributed by atoms with Gasteiger partial charge in [0.2, 0.25) is 5.91 Å². The van der Waals surface area contributed by atoms with E-state index in [0.717, 1.165) is 30.0 Å². The standard InChI is InChI=1S/C25H28FNO3S2/c1-29-22-14-19(8-11-21(22)30-16-18-6-9-20(26)10-7-18)15-23-24(28)27(25(31)32-23)13-12-17-4-2-3-5-17/h6-11,14,17,23H,2-5,12-13,15-16H2,1H3/t23-/m0/s1. The summed E-state index contributed by atoms with van der Waals surface area (Å²) in [5.41, 5.74) is 1.87. The van der Waals surface area contributed by atoms with Crippen molar-refractivity contribution < 1.29 is 18.7 Å². The molecule has 0 unspecified atom stereocenters. The Bertz CT molecular complexity index is 960. The minimum absolute atomic E-state index is 0.119. The smallest absolute Gasteiger partial charge is 0.241 e. The Labute approximate surface area is 198 Å². The lowest BCUT2D eigenvalue weighted by Crippen LogP contribution is -2.33.